The van der Waals surface area contributed by atoms with Crippen LogP contribution in [0.4, 0.5) is 0 Å². The Labute approximate surface area is 171 Å². The molecule has 10 heteroatoms. The Morgan fingerprint density at radius 2 is 1.83 bits per heavy atom. The number of allylic oxidation sites excluding steroid dienone is 1. The number of hydrogen-bond acceptors (Lipinski definition) is 10. The predicted molar refractivity (Wildman–Crippen MR) is 95.5 cm³/mol. The van der Waals surface area contributed by atoms with Crippen LogP contribution in [-0.4, -0.2) is 97.3 Å². The summed E-state index contributed by atoms with van der Waals surface area (Å²) in [6, 6.07) is 0. The van der Waals surface area contributed by atoms with E-state index in [4.69, 9.17) is 9.47 Å². The first-order chi connectivity index (χ1) is 13.9. The van der Waals surface area contributed by atoms with Crippen molar-refractivity contribution in [2.75, 3.05) is 13.2 Å². The zero-order valence-corrected chi connectivity index (χ0v) is 16.6. The van der Waals surface area contributed by atoms with Gasteiger partial charge in [0.15, 0.2) is 17.5 Å². The SMILES string of the molecule is CC1=CC(=O)[C@@H](O)[C@@]2(C)[C@H]1C[C@H]1OC(=O)[C@H](O)C3(O)C4(CO)OCC13[C@@H]2[C@@H](O)[C@@H]4O. The van der Waals surface area contributed by atoms with Gasteiger partial charge < -0.3 is 40.1 Å². The number of ketones is 1. The average Bonchev–Trinajstić information content (AvgIpc) is 2.91. The number of esters is 1. The molecule has 0 amide bonds. The summed E-state index contributed by atoms with van der Waals surface area (Å²) in [4.78, 5) is 25.1. The largest absolute Gasteiger partial charge is 0.460 e. The quantitative estimate of drug-likeness (QED) is 0.237. The smallest absolute Gasteiger partial charge is 0.338 e. The van der Waals surface area contributed by atoms with E-state index in [0.29, 0.717) is 5.57 Å². The van der Waals surface area contributed by atoms with Gasteiger partial charge in [0.1, 0.15) is 23.9 Å². The van der Waals surface area contributed by atoms with Crippen molar-refractivity contribution in [3.63, 3.8) is 0 Å². The second-order valence-corrected chi connectivity index (χ2v) is 9.73. The third-order valence-electron chi connectivity index (χ3n) is 8.96. The molecule has 2 bridgehead atoms. The molecule has 5 aliphatic rings. The van der Waals surface area contributed by atoms with Crippen LogP contribution >= 0.6 is 0 Å². The van der Waals surface area contributed by atoms with E-state index in [1.54, 1.807) is 13.8 Å². The van der Waals surface area contributed by atoms with Gasteiger partial charge in [0.05, 0.1) is 24.7 Å². The van der Waals surface area contributed by atoms with Crippen molar-refractivity contribution in [1.29, 1.82) is 0 Å². The van der Waals surface area contributed by atoms with E-state index in [9.17, 15) is 40.2 Å². The molecule has 0 aromatic rings. The Bertz CT molecular complexity index is 872. The summed E-state index contributed by atoms with van der Waals surface area (Å²) >= 11 is 0. The fourth-order valence-corrected chi connectivity index (χ4v) is 7.64. The summed E-state index contributed by atoms with van der Waals surface area (Å²) in [5.41, 5.74) is -7.15. The number of carbonyl (C=O) groups excluding carboxylic acids is 2. The van der Waals surface area contributed by atoms with Gasteiger partial charge in [0, 0.05) is 11.3 Å². The standard InChI is InChI=1S/C20H26O10/c1-7-3-9(22)13(24)17(2)8(7)4-10-18-6-29-19(5-21,14(25)11(23)12(17)18)20(18,28)15(26)16(27)30-10/h3,8,10-15,21,23-26,28H,4-6H2,1-2H3/t8-,10+,11+,12+,13+,14-,15-,17-,18?,19?,20?/m0/s1. The van der Waals surface area contributed by atoms with Crippen molar-refractivity contribution in [3.8, 4) is 0 Å². The van der Waals surface area contributed by atoms with Crippen molar-refractivity contribution in [1.82, 2.24) is 0 Å². The van der Waals surface area contributed by atoms with Gasteiger partial charge in [-0.25, -0.2) is 4.79 Å². The first kappa shape index (κ1) is 20.5. The van der Waals surface area contributed by atoms with Crippen LogP contribution in [0.1, 0.15) is 20.3 Å². The van der Waals surface area contributed by atoms with E-state index in [-0.39, 0.29) is 13.0 Å². The Morgan fingerprint density at radius 1 is 1.17 bits per heavy atom. The normalized spacial score (nSPS) is 59.2. The monoisotopic (exact) mass is 426 g/mol. The minimum absolute atomic E-state index is 0.105. The highest BCUT2D eigenvalue weighted by atomic mass is 16.6. The van der Waals surface area contributed by atoms with Crippen LogP contribution in [0, 0.1) is 22.7 Å². The zero-order chi connectivity index (χ0) is 22.0. The van der Waals surface area contributed by atoms with Crippen molar-refractivity contribution in [2.45, 2.75) is 62.0 Å². The summed E-state index contributed by atoms with van der Waals surface area (Å²) in [5, 5.41) is 66.0. The van der Waals surface area contributed by atoms with Crippen molar-refractivity contribution < 1.29 is 49.7 Å². The maximum Gasteiger partial charge on any atom is 0.338 e. The van der Waals surface area contributed by atoms with Gasteiger partial charge in [-0.3, -0.25) is 4.79 Å². The summed E-state index contributed by atoms with van der Waals surface area (Å²) in [6.45, 7) is 1.96. The number of carbonyl (C=O) groups is 2. The highest BCUT2D eigenvalue weighted by Gasteiger charge is 2.89. The second kappa shape index (κ2) is 5.69. The molecule has 10 nitrogen and oxygen atoms in total. The van der Waals surface area contributed by atoms with Gasteiger partial charge >= 0.3 is 5.97 Å². The zero-order valence-electron chi connectivity index (χ0n) is 16.6. The van der Waals surface area contributed by atoms with Crippen molar-refractivity contribution >= 4 is 11.8 Å². The van der Waals surface area contributed by atoms with Gasteiger partial charge in [-0.2, -0.15) is 0 Å². The number of fused-ring (bicyclic) bond motifs is 2. The van der Waals surface area contributed by atoms with Gasteiger partial charge in [-0.1, -0.05) is 12.5 Å². The summed E-state index contributed by atoms with van der Waals surface area (Å²) in [6.07, 6.45) is -6.90. The van der Waals surface area contributed by atoms with Crippen LogP contribution in [0.5, 0.6) is 0 Å². The lowest BCUT2D eigenvalue weighted by Gasteiger charge is -2.70. The predicted octanol–water partition coefficient (Wildman–Crippen LogP) is -2.98. The Hall–Kier alpha value is -1.40. The molecule has 0 radical (unpaired) electrons. The van der Waals surface area contributed by atoms with Gasteiger partial charge in [0.2, 0.25) is 0 Å². The lowest BCUT2D eigenvalue weighted by atomic mass is 9.36. The first-order valence-electron chi connectivity index (χ1n) is 10.1. The van der Waals surface area contributed by atoms with E-state index in [2.05, 4.69) is 0 Å². The van der Waals surface area contributed by atoms with Crippen LogP contribution in [0.25, 0.3) is 0 Å². The molecule has 2 heterocycles. The fourth-order valence-electron chi connectivity index (χ4n) is 7.64. The molecular formula is C20H26O10. The van der Waals surface area contributed by atoms with Crippen LogP contribution in [0.2, 0.25) is 0 Å². The molecule has 6 N–H and O–H groups in total. The van der Waals surface area contributed by atoms with Crippen molar-refractivity contribution in [2.24, 2.45) is 22.7 Å². The maximum absolute atomic E-state index is 12.6. The van der Waals surface area contributed by atoms with Crippen LogP contribution in [-0.2, 0) is 19.1 Å². The van der Waals surface area contributed by atoms with Crippen molar-refractivity contribution in [3.05, 3.63) is 11.6 Å². The summed E-state index contributed by atoms with van der Waals surface area (Å²) < 4.78 is 11.2. The molecule has 4 fully saturated rings. The number of aliphatic hydroxyl groups excluding tert-OH is 5. The molecular weight excluding hydrogens is 400 g/mol. The van der Waals surface area contributed by atoms with Gasteiger partial charge in [-0.05, 0) is 25.3 Å². The highest BCUT2D eigenvalue weighted by Crippen LogP contribution is 2.73. The van der Waals surface area contributed by atoms with E-state index < -0.39 is 82.7 Å². The Kier molecular flexibility index (Phi) is 3.89. The van der Waals surface area contributed by atoms with Gasteiger partial charge in [-0.15, -0.1) is 0 Å². The highest BCUT2D eigenvalue weighted by molar-refractivity contribution is 5.96. The molecule has 2 saturated heterocycles. The minimum Gasteiger partial charge on any atom is -0.460 e. The molecule has 3 unspecified atom stereocenters. The lowest BCUT2D eigenvalue weighted by Crippen LogP contribution is -2.87. The third kappa shape index (κ3) is 1.72. The molecule has 1 spiro atoms. The number of aliphatic hydroxyl groups is 6. The van der Waals surface area contributed by atoms with E-state index in [1.165, 1.54) is 6.08 Å². The number of rotatable bonds is 1. The third-order valence-corrected chi connectivity index (χ3v) is 8.96. The molecule has 2 saturated carbocycles. The van der Waals surface area contributed by atoms with Crippen LogP contribution in [0.15, 0.2) is 11.6 Å². The number of ether oxygens (including phenoxy) is 2. The second-order valence-electron chi connectivity index (χ2n) is 9.73. The molecule has 30 heavy (non-hydrogen) atoms. The molecule has 5 rings (SSSR count). The molecule has 3 aliphatic carbocycles. The molecule has 11 atom stereocenters. The topological polar surface area (TPSA) is 174 Å². The Morgan fingerprint density at radius 3 is 2.47 bits per heavy atom. The summed E-state index contributed by atoms with van der Waals surface area (Å²) in [7, 11) is 0. The lowest BCUT2D eigenvalue weighted by molar-refractivity contribution is -0.357. The molecule has 2 aliphatic heterocycles. The van der Waals surface area contributed by atoms with Crippen LogP contribution < -0.4 is 0 Å². The molecule has 0 aromatic heterocycles. The van der Waals surface area contributed by atoms with Gasteiger partial charge in [0.25, 0.3) is 0 Å². The summed E-state index contributed by atoms with van der Waals surface area (Å²) in [5.74, 6) is -3.40. The van der Waals surface area contributed by atoms with Crippen LogP contribution in [0.3, 0.4) is 0 Å². The average molecular weight is 426 g/mol. The fraction of sp³-hybridized carbons (Fsp3) is 0.800. The minimum atomic E-state index is -2.51. The van der Waals surface area contributed by atoms with E-state index in [0.717, 1.165) is 0 Å². The first-order valence-corrected chi connectivity index (χ1v) is 10.1. The molecule has 0 aromatic carbocycles. The Balaban J connectivity index is 1.83. The maximum atomic E-state index is 12.6. The number of hydrogen-bond donors (Lipinski definition) is 6. The molecule has 166 valence electrons. The van der Waals surface area contributed by atoms with E-state index in [1.807, 2.05) is 0 Å². The van der Waals surface area contributed by atoms with E-state index >= 15 is 0 Å².